The van der Waals surface area contributed by atoms with Crippen LogP contribution in [0.2, 0.25) is 0 Å². The maximum Gasteiger partial charge on any atom is 0.329 e. The molecule has 3 aromatic rings. The van der Waals surface area contributed by atoms with Gasteiger partial charge in [0, 0.05) is 33.2 Å². The molecule has 3 heterocycles. The molecule has 1 aliphatic rings. The minimum Gasteiger partial charge on any atom is -0.340 e. The average molecular weight is 354 g/mol. The Morgan fingerprint density at radius 3 is 2.50 bits per heavy atom. The molecule has 1 aliphatic heterocycles. The van der Waals surface area contributed by atoms with E-state index in [-0.39, 0.29) is 6.04 Å². The van der Waals surface area contributed by atoms with Crippen LogP contribution in [-0.2, 0) is 7.05 Å². The van der Waals surface area contributed by atoms with E-state index in [2.05, 4.69) is 15.2 Å². The van der Waals surface area contributed by atoms with E-state index in [9.17, 15) is 9.59 Å². The number of imidazole rings is 1. The molecule has 0 aliphatic carbocycles. The van der Waals surface area contributed by atoms with Gasteiger partial charge in [-0.1, -0.05) is 30.3 Å². The fourth-order valence-corrected chi connectivity index (χ4v) is 3.53. The Bertz CT molecular complexity index is 1040. The van der Waals surface area contributed by atoms with Crippen LogP contribution in [-0.4, -0.2) is 45.3 Å². The first kappa shape index (κ1) is 16.6. The first-order valence-electron chi connectivity index (χ1n) is 8.80. The van der Waals surface area contributed by atoms with E-state index in [1.807, 2.05) is 41.8 Å². The number of piperazine rings is 1. The van der Waals surface area contributed by atoms with Crippen molar-refractivity contribution >= 4 is 17.1 Å². The Balaban J connectivity index is 2.00. The van der Waals surface area contributed by atoms with Crippen molar-refractivity contribution in [2.24, 2.45) is 7.05 Å². The first-order valence-corrected chi connectivity index (χ1v) is 8.80. The zero-order valence-electron chi connectivity index (χ0n) is 14.9. The van der Waals surface area contributed by atoms with Crippen LogP contribution in [0.25, 0.3) is 11.2 Å². The summed E-state index contributed by atoms with van der Waals surface area (Å²) in [5.74, 6) is 0.726. The predicted octanol–water partition coefficient (Wildman–Crippen LogP) is 0.442. The minimum atomic E-state index is -0.452. The van der Waals surface area contributed by atoms with Crippen LogP contribution in [0.4, 0.5) is 5.95 Å². The van der Waals surface area contributed by atoms with Gasteiger partial charge >= 0.3 is 5.69 Å². The number of rotatable bonds is 3. The number of aromatic amines is 1. The van der Waals surface area contributed by atoms with E-state index in [1.165, 1.54) is 4.57 Å². The molecular formula is C18H22N6O2. The van der Waals surface area contributed by atoms with Gasteiger partial charge in [0.05, 0.1) is 6.04 Å². The van der Waals surface area contributed by atoms with Crippen molar-refractivity contribution in [3.63, 3.8) is 0 Å². The Morgan fingerprint density at radius 1 is 1.12 bits per heavy atom. The molecule has 136 valence electrons. The molecule has 4 rings (SSSR count). The molecule has 2 aromatic heterocycles. The normalized spacial score (nSPS) is 16.2. The highest BCUT2D eigenvalue weighted by Crippen LogP contribution is 2.28. The molecule has 1 aromatic carbocycles. The molecule has 1 atom stereocenters. The summed E-state index contributed by atoms with van der Waals surface area (Å²) in [4.78, 5) is 33.9. The molecule has 0 unspecified atom stereocenters. The molecule has 8 nitrogen and oxygen atoms in total. The van der Waals surface area contributed by atoms with Crippen molar-refractivity contribution in [3.05, 3.63) is 56.7 Å². The molecule has 0 spiro atoms. The van der Waals surface area contributed by atoms with E-state index in [0.717, 1.165) is 37.7 Å². The quantitative estimate of drug-likeness (QED) is 0.713. The number of H-pyrrole nitrogens is 1. The van der Waals surface area contributed by atoms with Crippen LogP contribution in [0.3, 0.4) is 0 Å². The largest absolute Gasteiger partial charge is 0.340 e. The number of hydrogen-bond donors (Lipinski definition) is 2. The van der Waals surface area contributed by atoms with Gasteiger partial charge in [0.1, 0.15) is 0 Å². The number of aryl methyl sites for hydroxylation is 1. The highest BCUT2D eigenvalue weighted by molar-refractivity contribution is 5.75. The van der Waals surface area contributed by atoms with Crippen molar-refractivity contribution in [1.29, 1.82) is 0 Å². The first-order chi connectivity index (χ1) is 12.6. The van der Waals surface area contributed by atoms with E-state index >= 15 is 0 Å². The van der Waals surface area contributed by atoms with Crippen molar-refractivity contribution < 1.29 is 0 Å². The van der Waals surface area contributed by atoms with Crippen LogP contribution in [0.5, 0.6) is 0 Å². The van der Waals surface area contributed by atoms with Crippen LogP contribution in [0.15, 0.2) is 39.9 Å². The molecular weight excluding hydrogens is 332 g/mol. The summed E-state index contributed by atoms with van der Waals surface area (Å²) in [5.41, 5.74) is 1.06. The second-order valence-electron chi connectivity index (χ2n) is 6.60. The maximum atomic E-state index is 12.6. The van der Waals surface area contributed by atoms with Crippen LogP contribution in [0.1, 0.15) is 18.5 Å². The van der Waals surface area contributed by atoms with Gasteiger partial charge in [-0.15, -0.1) is 0 Å². The number of nitrogens with zero attached hydrogens (tertiary/aromatic N) is 4. The Labute approximate surface area is 150 Å². The summed E-state index contributed by atoms with van der Waals surface area (Å²) in [6, 6.07) is 9.91. The number of aromatic nitrogens is 4. The lowest BCUT2D eigenvalue weighted by Gasteiger charge is -2.30. The SMILES string of the molecule is C[C@@H](c1ccccc1)n1c(N2CCNCC2)nc2c1c(=O)[nH]c(=O)n2C. The van der Waals surface area contributed by atoms with Gasteiger partial charge in [-0.2, -0.15) is 4.98 Å². The second kappa shape index (κ2) is 6.45. The number of nitrogens with one attached hydrogen (secondary N) is 2. The number of fused-ring (bicyclic) bond motifs is 1. The van der Waals surface area contributed by atoms with Gasteiger partial charge in [-0.05, 0) is 12.5 Å². The topological polar surface area (TPSA) is 88.0 Å². The summed E-state index contributed by atoms with van der Waals surface area (Å²) in [5, 5.41) is 3.33. The van der Waals surface area contributed by atoms with Gasteiger partial charge in [0.15, 0.2) is 11.2 Å². The Hall–Kier alpha value is -2.87. The molecule has 1 saturated heterocycles. The van der Waals surface area contributed by atoms with Crippen LogP contribution >= 0.6 is 0 Å². The lowest BCUT2D eigenvalue weighted by atomic mass is 10.1. The van der Waals surface area contributed by atoms with Crippen molar-refractivity contribution in [2.75, 3.05) is 31.1 Å². The van der Waals surface area contributed by atoms with Gasteiger partial charge < -0.3 is 10.2 Å². The fourth-order valence-electron chi connectivity index (χ4n) is 3.53. The molecule has 0 amide bonds. The zero-order valence-corrected chi connectivity index (χ0v) is 14.9. The number of benzene rings is 1. The van der Waals surface area contributed by atoms with Gasteiger partial charge in [-0.25, -0.2) is 4.79 Å². The monoisotopic (exact) mass is 354 g/mol. The Kier molecular flexibility index (Phi) is 4.12. The third kappa shape index (κ3) is 2.62. The smallest absolute Gasteiger partial charge is 0.329 e. The van der Waals surface area contributed by atoms with Crippen LogP contribution < -0.4 is 21.5 Å². The molecule has 0 saturated carbocycles. The van der Waals surface area contributed by atoms with E-state index in [0.29, 0.717) is 11.2 Å². The maximum absolute atomic E-state index is 12.6. The lowest BCUT2D eigenvalue weighted by molar-refractivity contribution is 0.557. The lowest BCUT2D eigenvalue weighted by Crippen LogP contribution is -2.44. The number of hydrogen-bond acceptors (Lipinski definition) is 5. The Morgan fingerprint density at radius 2 is 1.81 bits per heavy atom. The van der Waals surface area contributed by atoms with Crippen molar-refractivity contribution in [3.8, 4) is 0 Å². The second-order valence-corrected chi connectivity index (χ2v) is 6.60. The number of anilines is 1. The van der Waals surface area contributed by atoms with Crippen molar-refractivity contribution in [2.45, 2.75) is 13.0 Å². The molecule has 1 fully saturated rings. The van der Waals surface area contributed by atoms with E-state index < -0.39 is 11.2 Å². The summed E-state index contributed by atoms with van der Waals surface area (Å²) >= 11 is 0. The predicted molar refractivity (Wildman–Crippen MR) is 101 cm³/mol. The van der Waals surface area contributed by atoms with E-state index in [1.54, 1.807) is 7.05 Å². The molecule has 26 heavy (non-hydrogen) atoms. The minimum absolute atomic E-state index is 0.0929. The van der Waals surface area contributed by atoms with Gasteiger partial charge in [0.2, 0.25) is 5.95 Å². The van der Waals surface area contributed by atoms with Crippen LogP contribution in [0, 0.1) is 0 Å². The average Bonchev–Trinajstić information content (AvgIpc) is 3.08. The third-order valence-electron chi connectivity index (χ3n) is 5.00. The highest BCUT2D eigenvalue weighted by atomic mass is 16.2. The third-order valence-corrected chi connectivity index (χ3v) is 5.00. The molecule has 8 heteroatoms. The fraction of sp³-hybridized carbons (Fsp3) is 0.389. The molecule has 0 bridgehead atoms. The van der Waals surface area contributed by atoms with Gasteiger partial charge in [0.25, 0.3) is 5.56 Å². The highest BCUT2D eigenvalue weighted by Gasteiger charge is 2.26. The summed E-state index contributed by atoms with van der Waals surface area (Å²) < 4.78 is 3.35. The standard InChI is InChI=1S/C18H22N6O2/c1-12(13-6-4-3-5-7-13)24-14-15(22(2)18(26)21-16(14)25)20-17(24)23-10-8-19-9-11-23/h3-7,12,19H,8-11H2,1-2H3,(H,21,25,26)/t12-/m0/s1. The zero-order chi connectivity index (χ0) is 18.3. The van der Waals surface area contributed by atoms with E-state index in [4.69, 9.17) is 4.98 Å². The summed E-state index contributed by atoms with van der Waals surface area (Å²) in [6.07, 6.45) is 0. The molecule has 0 radical (unpaired) electrons. The van der Waals surface area contributed by atoms with Crippen molar-refractivity contribution in [1.82, 2.24) is 24.4 Å². The summed E-state index contributed by atoms with van der Waals surface area (Å²) in [6.45, 7) is 5.37. The summed E-state index contributed by atoms with van der Waals surface area (Å²) in [7, 11) is 1.63. The molecule has 2 N–H and O–H groups in total. The van der Waals surface area contributed by atoms with Gasteiger partial charge in [-0.3, -0.25) is 18.9 Å².